The zero-order valence-electron chi connectivity index (χ0n) is 20.4. The lowest BCUT2D eigenvalue weighted by Gasteiger charge is -2.39. The number of hydrogen-bond donors (Lipinski definition) is 0. The van der Waals surface area contributed by atoms with Crippen LogP contribution in [0.2, 0.25) is 48.4 Å². The normalized spacial score (nSPS) is 17.5. The molecule has 1 nitrogen and oxygen atoms in total. The second-order valence-electron chi connectivity index (χ2n) is 12.5. The molecule has 0 saturated carbocycles. The van der Waals surface area contributed by atoms with Crippen molar-refractivity contribution in [1.82, 2.24) is 4.90 Å². The Kier molecular flexibility index (Phi) is 6.95. The fraction of sp³-hybridized carbons (Fsp3) is 0.680. The van der Waals surface area contributed by atoms with Gasteiger partial charge in [-0.05, 0) is 27.7 Å². The van der Waals surface area contributed by atoms with Crippen molar-refractivity contribution in [2.24, 2.45) is 0 Å². The highest BCUT2D eigenvalue weighted by molar-refractivity contribution is 6.81. The summed E-state index contributed by atoms with van der Waals surface area (Å²) in [4.78, 5) is 2.69. The van der Waals surface area contributed by atoms with Crippen molar-refractivity contribution < 1.29 is 0 Å². The third-order valence-corrected chi connectivity index (χ3v) is 18.7. The molecule has 1 aromatic rings. The van der Waals surface area contributed by atoms with Crippen molar-refractivity contribution in [3.05, 3.63) is 47.0 Å². The van der Waals surface area contributed by atoms with Gasteiger partial charge in [0.05, 0.1) is 16.1 Å². The number of nitrogens with zero attached hydrogens (tertiary/aromatic N) is 1. The molecule has 1 aliphatic rings. The van der Waals surface area contributed by atoms with E-state index >= 15 is 0 Å². The van der Waals surface area contributed by atoms with Crippen molar-refractivity contribution in [1.29, 1.82) is 0 Å². The van der Waals surface area contributed by atoms with Crippen molar-refractivity contribution in [3.8, 4) is 0 Å². The average Bonchev–Trinajstić information content (AvgIpc) is 2.86. The minimum atomic E-state index is -1.32. The van der Waals surface area contributed by atoms with Crippen LogP contribution in [0.5, 0.6) is 0 Å². The number of rotatable bonds is 6. The van der Waals surface area contributed by atoms with Crippen molar-refractivity contribution in [2.45, 2.75) is 96.4 Å². The van der Waals surface area contributed by atoms with Crippen LogP contribution in [0.15, 0.2) is 41.5 Å². The Morgan fingerprint density at radius 3 is 1.46 bits per heavy atom. The first-order valence-corrected chi connectivity index (χ1v) is 17.5. The summed E-state index contributed by atoms with van der Waals surface area (Å²) in [5.41, 5.74) is 5.04. The maximum absolute atomic E-state index is 2.69. The lowest BCUT2D eigenvalue weighted by atomic mass is 10.2. The summed E-state index contributed by atoms with van der Waals surface area (Å²) < 4.78 is 0. The monoisotopic (exact) mass is 415 g/mol. The van der Waals surface area contributed by atoms with E-state index in [2.05, 4.69) is 103 Å². The lowest BCUT2D eigenvalue weighted by Crippen LogP contribution is -2.39. The summed E-state index contributed by atoms with van der Waals surface area (Å²) in [7, 11) is -2.65. The maximum Gasteiger partial charge on any atom is 0.0568 e. The van der Waals surface area contributed by atoms with Crippen LogP contribution in [0, 0.1) is 0 Å². The number of hydrogen-bond acceptors (Lipinski definition) is 1. The van der Waals surface area contributed by atoms with Crippen LogP contribution in [0.25, 0.3) is 0 Å². The molecule has 0 fully saturated rings. The molecule has 0 N–H and O–H groups in total. The number of benzene rings is 1. The van der Waals surface area contributed by atoms with Crippen molar-refractivity contribution >= 4 is 16.1 Å². The van der Waals surface area contributed by atoms with Gasteiger partial charge in [0.15, 0.2) is 0 Å². The summed E-state index contributed by atoms with van der Waals surface area (Å²) in [6.07, 6.45) is 0. The Bertz CT molecular complexity index is 647. The van der Waals surface area contributed by atoms with Crippen LogP contribution in [0.4, 0.5) is 0 Å². The first-order valence-electron chi connectivity index (χ1n) is 11.1. The molecular formula is C25H45NSi2. The van der Waals surface area contributed by atoms with E-state index in [1.807, 2.05) is 0 Å². The molecule has 28 heavy (non-hydrogen) atoms. The van der Waals surface area contributed by atoms with Gasteiger partial charge in [0, 0.05) is 19.6 Å². The lowest BCUT2D eigenvalue weighted by molar-refractivity contribution is 0.337. The first kappa shape index (κ1) is 23.6. The molecule has 1 heterocycles. The molecule has 2 rings (SSSR count). The third-order valence-electron chi connectivity index (χ3n) is 7.95. The zero-order valence-corrected chi connectivity index (χ0v) is 22.4. The SMILES string of the molecule is CC(C)(C)[Si](C)(C)CC1=C(C[Si](C)(C)C(C)(C)C)CN(Cc2ccccc2)C1. The second kappa shape index (κ2) is 8.24. The van der Waals surface area contributed by atoms with Crippen molar-refractivity contribution in [3.63, 3.8) is 0 Å². The van der Waals surface area contributed by atoms with Crippen LogP contribution >= 0.6 is 0 Å². The third kappa shape index (κ3) is 5.70. The molecule has 0 radical (unpaired) electrons. The average molecular weight is 416 g/mol. The molecule has 1 aliphatic heterocycles. The smallest absolute Gasteiger partial charge is 0.0568 e. The van der Waals surface area contributed by atoms with E-state index in [1.54, 1.807) is 11.1 Å². The van der Waals surface area contributed by atoms with E-state index in [4.69, 9.17) is 0 Å². The van der Waals surface area contributed by atoms with Gasteiger partial charge in [-0.2, -0.15) is 0 Å². The van der Waals surface area contributed by atoms with Gasteiger partial charge in [-0.1, -0.05) is 109 Å². The van der Waals surface area contributed by atoms with Crippen LogP contribution < -0.4 is 0 Å². The summed E-state index contributed by atoms with van der Waals surface area (Å²) in [5.74, 6) is 0. The van der Waals surface area contributed by atoms with Gasteiger partial charge < -0.3 is 0 Å². The summed E-state index contributed by atoms with van der Waals surface area (Å²) in [6.45, 7) is 28.6. The molecule has 0 amide bonds. The minimum Gasteiger partial charge on any atom is -0.291 e. The van der Waals surface area contributed by atoms with Gasteiger partial charge in [-0.25, -0.2) is 0 Å². The molecule has 158 valence electrons. The van der Waals surface area contributed by atoms with Crippen molar-refractivity contribution in [2.75, 3.05) is 13.1 Å². The van der Waals surface area contributed by atoms with E-state index in [-0.39, 0.29) is 0 Å². The first-order chi connectivity index (χ1) is 12.6. The van der Waals surface area contributed by atoms with E-state index in [0.29, 0.717) is 10.1 Å². The predicted molar refractivity (Wildman–Crippen MR) is 133 cm³/mol. The quantitative estimate of drug-likeness (QED) is 0.338. The predicted octanol–water partition coefficient (Wildman–Crippen LogP) is 7.82. The highest BCUT2D eigenvalue weighted by Gasteiger charge is 2.40. The minimum absolute atomic E-state index is 0.453. The summed E-state index contributed by atoms with van der Waals surface area (Å²) in [6, 6.07) is 13.8. The second-order valence-corrected chi connectivity index (χ2v) is 23.7. The van der Waals surface area contributed by atoms with E-state index < -0.39 is 16.1 Å². The van der Waals surface area contributed by atoms with Gasteiger partial charge in [0.2, 0.25) is 0 Å². The molecular weight excluding hydrogens is 370 g/mol. The Hall–Kier alpha value is -0.646. The van der Waals surface area contributed by atoms with Crippen LogP contribution in [-0.4, -0.2) is 34.1 Å². The Morgan fingerprint density at radius 1 is 0.714 bits per heavy atom. The zero-order chi connectivity index (χ0) is 21.4. The summed E-state index contributed by atoms with van der Waals surface area (Å²) >= 11 is 0. The van der Waals surface area contributed by atoms with Crippen LogP contribution in [-0.2, 0) is 6.54 Å². The van der Waals surface area contributed by atoms with E-state index in [9.17, 15) is 0 Å². The molecule has 0 bridgehead atoms. The molecule has 3 heteroatoms. The van der Waals surface area contributed by atoms with Crippen LogP contribution in [0.1, 0.15) is 47.1 Å². The fourth-order valence-corrected chi connectivity index (χ4v) is 7.65. The molecule has 1 aromatic carbocycles. The molecule has 0 spiro atoms. The van der Waals surface area contributed by atoms with Gasteiger partial charge in [0.1, 0.15) is 0 Å². The topological polar surface area (TPSA) is 3.24 Å². The molecule has 0 saturated heterocycles. The molecule has 0 atom stereocenters. The molecule has 0 aliphatic carbocycles. The largest absolute Gasteiger partial charge is 0.291 e. The Labute approximate surface area is 177 Å². The Balaban J connectivity index is 2.26. The maximum atomic E-state index is 2.69. The molecule has 0 aromatic heterocycles. The van der Waals surface area contributed by atoms with E-state index in [1.165, 1.54) is 30.7 Å². The van der Waals surface area contributed by atoms with Gasteiger partial charge >= 0.3 is 0 Å². The highest BCUT2D eigenvalue weighted by Crippen LogP contribution is 2.45. The van der Waals surface area contributed by atoms with Crippen LogP contribution in [0.3, 0.4) is 0 Å². The molecule has 0 unspecified atom stereocenters. The fourth-order valence-electron chi connectivity index (χ4n) is 3.73. The summed E-state index contributed by atoms with van der Waals surface area (Å²) in [5, 5.41) is 0.907. The Morgan fingerprint density at radius 2 is 1.11 bits per heavy atom. The van der Waals surface area contributed by atoms with E-state index in [0.717, 1.165) is 6.54 Å². The van der Waals surface area contributed by atoms with Gasteiger partial charge in [-0.3, -0.25) is 4.90 Å². The highest BCUT2D eigenvalue weighted by atomic mass is 28.3. The van der Waals surface area contributed by atoms with Gasteiger partial charge in [-0.15, -0.1) is 0 Å². The standard InChI is InChI=1S/C25H45NSi2/c1-24(2,3)27(7,8)19-22-17-26(16-21-14-12-11-13-15-21)18-23(22)20-28(9,10)25(4,5)6/h11-15H,16-20H2,1-10H3. The van der Waals surface area contributed by atoms with Gasteiger partial charge in [0.25, 0.3) is 0 Å².